The highest BCUT2D eigenvalue weighted by Gasteiger charge is 2.39. The molecule has 2 heterocycles. The number of nitrogens with one attached hydrogen (secondary N) is 5. The molecule has 0 aliphatic heterocycles. The van der Waals surface area contributed by atoms with Crippen molar-refractivity contribution in [3.05, 3.63) is 166 Å². The molecule has 0 bridgehead atoms. The number of carboxylic acids is 6. The summed E-state index contributed by atoms with van der Waals surface area (Å²) in [6.07, 6.45) is -6.56. The Morgan fingerprint density at radius 1 is 0.367 bits per heavy atom. The lowest BCUT2D eigenvalue weighted by Gasteiger charge is -2.26. The molecule has 1 unspecified atom stereocenters. The Morgan fingerprint density at radius 3 is 1.18 bits per heavy atom. The van der Waals surface area contributed by atoms with E-state index in [1.807, 2.05) is 109 Å². The quantitative estimate of drug-likeness (QED) is 0.0244. The first-order valence-corrected chi connectivity index (χ1v) is 38.4. The van der Waals surface area contributed by atoms with Crippen LogP contribution in [0, 0.1) is 41.4 Å². The van der Waals surface area contributed by atoms with E-state index in [0.717, 1.165) is 58.4 Å². The van der Waals surface area contributed by atoms with Gasteiger partial charge in [0.2, 0.25) is 41.4 Å². The maximum Gasteiger partial charge on any atom is 0.305 e. The van der Waals surface area contributed by atoms with Gasteiger partial charge in [-0.25, -0.2) is 9.36 Å². The molecular weight excluding hydrogens is 1560 g/mol. The second-order valence-electron chi connectivity index (χ2n) is 30.1. The summed E-state index contributed by atoms with van der Waals surface area (Å²) in [6, 6.07) is 26.8. The molecule has 0 aliphatic carbocycles. The molecule has 0 spiro atoms. The van der Waals surface area contributed by atoms with Gasteiger partial charge in [0.1, 0.15) is 11.8 Å². The summed E-state index contributed by atoms with van der Waals surface area (Å²) in [7, 11) is 0. The molecule has 7 amide bonds. The summed E-state index contributed by atoms with van der Waals surface area (Å²) in [5, 5.41) is 86.1. The fraction of sp³-hybridized carbons (Fsp3) is 0.422. The van der Waals surface area contributed by atoms with Crippen molar-refractivity contribution in [1.82, 2.24) is 56.6 Å². The number of primary amides is 2. The Labute approximate surface area is 688 Å². The van der Waals surface area contributed by atoms with Crippen molar-refractivity contribution < 1.29 is 117 Å². The van der Waals surface area contributed by atoms with E-state index in [1.54, 1.807) is 13.8 Å². The Hall–Kier alpha value is -13.6. The van der Waals surface area contributed by atoms with Crippen LogP contribution in [-0.2, 0) is 112 Å². The first-order valence-electron chi connectivity index (χ1n) is 38.4. The van der Waals surface area contributed by atoms with E-state index < -0.39 is 261 Å². The zero-order valence-corrected chi connectivity index (χ0v) is 66.9. The maximum atomic E-state index is 14.0. The van der Waals surface area contributed by atoms with Crippen molar-refractivity contribution in [3.8, 4) is 0 Å². The number of carboxylic acid groups (broad SMARTS) is 6. The van der Waals surface area contributed by atoms with Crippen molar-refractivity contribution in [1.29, 1.82) is 0 Å². The highest BCUT2D eigenvalue weighted by atomic mass is 16.4. The number of carbonyl (C=O) groups is 18. The van der Waals surface area contributed by atoms with Crippen LogP contribution in [0.3, 0.4) is 0 Å². The van der Waals surface area contributed by atoms with Crippen LogP contribution in [0.4, 0.5) is 0 Å². The van der Waals surface area contributed by atoms with Gasteiger partial charge in [-0.3, -0.25) is 81.5 Å². The second-order valence-corrected chi connectivity index (χ2v) is 30.1. The van der Waals surface area contributed by atoms with E-state index >= 15 is 0 Å². The van der Waals surface area contributed by atoms with E-state index in [2.05, 4.69) is 47.2 Å². The number of Topliss-reactive ketones (excluding diaryl/α,β-unsaturated/α-hetero) is 5. The van der Waals surface area contributed by atoms with Crippen LogP contribution in [0.1, 0.15) is 170 Å². The van der Waals surface area contributed by atoms with E-state index in [0.29, 0.717) is 0 Å². The third-order valence-electron chi connectivity index (χ3n) is 19.6. The van der Waals surface area contributed by atoms with Crippen LogP contribution in [0.5, 0.6) is 0 Å². The van der Waals surface area contributed by atoms with Gasteiger partial charge in [-0.1, -0.05) is 147 Å². The molecule has 2 aromatic heterocycles. The summed E-state index contributed by atoms with van der Waals surface area (Å²) in [6.45, 7) is 8.59. The Balaban J connectivity index is 1.15. The average Bonchev–Trinajstić information content (AvgIpc) is 0.874. The number of hydrogen-bond acceptors (Lipinski definition) is 22. The third kappa shape index (κ3) is 30.8. The first-order chi connectivity index (χ1) is 56.6. The number of nitrogens with two attached hydrogens (primary N) is 2. The van der Waals surface area contributed by atoms with Gasteiger partial charge >= 0.3 is 35.8 Å². The van der Waals surface area contributed by atoms with Gasteiger partial charge in [-0.05, 0) is 76.1 Å². The van der Waals surface area contributed by atoms with Crippen LogP contribution in [0.25, 0.3) is 11.1 Å². The Bertz CT molecular complexity index is 4440. The number of ketones is 5. The molecule has 15 N–H and O–H groups in total. The fourth-order valence-corrected chi connectivity index (χ4v) is 13.5. The lowest BCUT2D eigenvalue weighted by Crippen LogP contribution is -2.51. The van der Waals surface area contributed by atoms with Crippen LogP contribution >= 0.6 is 0 Å². The SMILES string of the molecule is CC(=O)C[C@@H](CC(=O)O)C(=O)N[C@@H](CCC(=O)O)C(=O)C[C@H](C(=O)N[C@@H](CC(=O)O)C(=O)C[C@@H](Cc1cn(Cc2ccc(/C(=C(\c3ccccc3)c3ccc(Cn4cc(C[C@@H](NC(=O)[C@@H](CC(=O)O)CC(=O)C(NC(=O)[C@@H](CCC(=O)O)CC(=O)[C@@H](CC(=O)O)NC(C)=O)C(C)C)C(N)=O)nn4)cc3)c3ccccc3)cc2)nn1)C(N)=O)C(C)C. The molecule has 0 saturated carbocycles. The van der Waals surface area contributed by atoms with Crippen LogP contribution in [-0.4, -0.2) is 197 Å². The summed E-state index contributed by atoms with van der Waals surface area (Å²) in [4.78, 5) is 230. The molecule has 6 rings (SSSR count). The van der Waals surface area contributed by atoms with Crippen molar-refractivity contribution in [2.45, 2.75) is 181 Å². The van der Waals surface area contributed by atoms with Gasteiger partial charge in [0.15, 0.2) is 23.1 Å². The molecule has 6 aromatic rings. The zero-order valence-electron chi connectivity index (χ0n) is 66.9. The number of nitrogens with zero attached hydrogens (tertiary/aromatic N) is 6. The van der Waals surface area contributed by atoms with Crippen LogP contribution in [0.15, 0.2) is 122 Å². The molecule has 37 heteroatoms. The van der Waals surface area contributed by atoms with Crippen LogP contribution < -0.4 is 38.1 Å². The molecule has 0 saturated heterocycles. The molecular formula is C83H99N13O24. The standard InChI is InChI=1S/C83H99N13O24/c1-44(2)60(37-67(101)61(26-28-70(105)106)87-81(118)56(29-46(5)97)34-71(107)108)83(120)88-63(39-74(113)114)66(100)32-55(78(84)115)30-58-42-95(93-91-58)40-48-17-21-52(22-18-48)75(50-13-9-7-10-14-50)76(51-15-11-8-12-16-51)53-23-19-49(20-24-53)41-96-43-59(92-94-96)36-64(79(85)116)89-82(119)57(35-72(109)110)33-68(102)77(45(3)4)90-80(117)54(25-27-69(103)104)31-65(99)62(38-73(111)112)86-47(6)98/h7-24,42-45,54-57,60-64,77H,25-41H2,1-6H3,(H2,84,115)(H2,85,116)(H,86,98)(H,87,118)(H,88,120)(H,89,119)(H,90,117)(H,103,104)(H,105,106)(H,107,108)(H,109,110)(H,111,112)(H,113,114)/b76-75+/t54-,55+,56-,57+,60-,61-,62+,63-,64+,77?/m0/s1. The van der Waals surface area contributed by atoms with Gasteiger partial charge < -0.3 is 73.5 Å². The highest BCUT2D eigenvalue weighted by Crippen LogP contribution is 2.38. The molecule has 10 atom stereocenters. The normalized spacial score (nSPS) is 14.0. The molecule has 0 aliphatic rings. The lowest BCUT2D eigenvalue weighted by molar-refractivity contribution is -0.143. The maximum absolute atomic E-state index is 14.0. The molecule has 0 radical (unpaired) electrons. The van der Waals surface area contributed by atoms with E-state index in [4.69, 9.17) is 11.5 Å². The minimum Gasteiger partial charge on any atom is -0.481 e. The summed E-state index contributed by atoms with van der Waals surface area (Å²) >= 11 is 0. The van der Waals surface area contributed by atoms with Crippen LogP contribution in [0.2, 0.25) is 0 Å². The van der Waals surface area contributed by atoms with Gasteiger partial charge in [0.25, 0.3) is 0 Å². The summed E-state index contributed by atoms with van der Waals surface area (Å²) in [5.74, 6) is -27.9. The molecule has 37 nitrogen and oxygen atoms in total. The first kappa shape index (κ1) is 95.2. The van der Waals surface area contributed by atoms with Gasteiger partial charge in [-0.15, -0.1) is 10.2 Å². The predicted octanol–water partition coefficient (Wildman–Crippen LogP) is 3.31. The van der Waals surface area contributed by atoms with Gasteiger partial charge in [0.05, 0.1) is 92.1 Å². The van der Waals surface area contributed by atoms with E-state index in [1.165, 1.54) is 35.6 Å². The largest absolute Gasteiger partial charge is 0.481 e. The molecule has 4 aromatic carbocycles. The highest BCUT2D eigenvalue weighted by molar-refractivity contribution is 6.05. The minimum atomic E-state index is -1.75. The van der Waals surface area contributed by atoms with Gasteiger partial charge in [-0.2, -0.15) is 0 Å². The number of aromatic nitrogens is 6. The Morgan fingerprint density at radius 2 is 0.758 bits per heavy atom. The predicted molar refractivity (Wildman–Crippen MR) is 424 cm³/mol. The monoisotopic (exact) mass is 1660 g/mol. The Kier molecular flexibility index (Phi) is 36.3. The fourth-order valence-electron chi connectivity index (χ4n) is 13.5. The molecule has 120 heavy (non-hydrogen) atoms. The number of benzene rings is 4. The van der Waals surface area contributed by atoms with Crippen molar-refractivity contribution >= 4 is 117 Å². The lowest BCUT2D eigenvalue weighted by atomic mass is 9.85. The number of hydrogen-bond donors (Lipinski definition) is 13. The number of aliphatic carboxylic acids is 6. The van der Waals surface area contributed by atoms with Crippen molar-refractivity contribution in [2.75, 3.05) is 0 Å². The average molecular weight is 1660 g/mol. The number of carbonyl (C=O) groups excluding carboxylic acids is 12. The van der Waals surface area contributed by atoms with E-state index in [-0.39, 0.29) is 37.3 Å². The summed E-state index contributed by atoms with van der Waals surface area (Å²) in [5.41, 5.74) is 18.5. The number of amides is 7. The zero-order chi connectivity index (χ0) is 88.8. The third-order valence-corrected chi connectivity index (χ3v) is 19.6. The van der Waals surface area contributed by atoms with Crippen molar-refractivity contribution in [3.63, 3.8) is 0 Å². The molecule has 640 valence electrons. The topological polar surface area (TPSA) is 602 Å². The van der Waals surface area contributed by atoms with Gasteiger partial charge in [0, 0.05) is 88.9 Å². The second kappa shape index (κ2) is 45.8. The minimum absolute atomic E-state index is 0.152. The smallest absolute Gasteiger partial charge is 0.305 e. The van der Waals surface area contributed by atoms with Crippen molar-refractivity contribution in [2.24, 2.45) is 52.9 Å². The number of rotatable bonds is 53. The molecule has 0 fully saturated rings. The van der Waals surface area contributed by atoms with E-state index in [9.17, 15) is 117 Å². The summed E-state index contributed by atoms with van der Waals surface area (Å²) < 4.78 is 2.97.